The second kappa shape index (κ2) is 7.16. The summed E-state index contributed by atoms with van der Waals surface area (Å²) in [4.78, 5) is 0. The third-order valence-electron chi connectivity index (χ3n) is 4.02. The quantitative estimate of drug-likeness (QED) is 0.767. The van der Waals surface area contributed by atoms with Gasteiger partial charge in [-0.25, -0.2) is 0 Å². The van der Waals surface area contributed by atoms with Crippen LogP contribution in [0.1, 0.15) is 50.5 Å². The summed E-state index contributed by atoms with van der Waals surface area (Å²) in [7, 11) is 0. The number of benzene rings is 1. The van der Waals surface area contributed by atoms with Crippen molar-refractivity contribution in [1.29, 1.82) is 0 Å². The monoisotopic (exact) mass is 265 g/mol. The van der Waals surface area contributed by atoms with Crippen molar-refractivity contribution in [1.82, 2.24) is 5.32 Å². The van der Waals surface area contributed by atoms with Crippen LogP contribution in [0.15, 0.2) is 24.3 Å². The van der Waals surface area contributed by atoms with Crippen LogP contribution in [0.25, 0.3) is 0 Å². The van der Waals surface area contributed by atoms with E-state index in [1.54, 1.807) is 0 Å². The number of halogens is 1. The topological polar surface area (TPSA) is 12.0 Å². The van der Waals surface area contributed by atoms with Crippen LogP contribution < -0.4 is 5.32 Å². The molecule has 0 bridgehead atoms. The minimum atomic E-state index is 0.696. The molecule has 1 N–H and O–H groups in total. The summed E-state index contributed by atoms with van der Waals surface area (Å²) in [5, 5.41) is 4.46. The standard InChI is InChI=1S/C16H24ClN/c1-2-10-18-12-14-6-3-4-9-16(14)13-7-5-8-15(17)11-13/h5,7-8,11,14,16,18H,2-4,6,9-10,12H2,1H3. The second-order valence-corrected chi connectivity index (χ2v) is 5.85. The van der Waals surface area contributed by atoms with Gasteiger partial charge in [-0.05, 0) is 61.9 Å². The first kappa shape index (κ1) is 13.9. The van der Waals surface area contributed by atoms with Gasteiger partial charge >= 0.3 is 0 Å². The van der Waals surface area contributed by atoms with E-state index in [-0.39, 0.29) is 0 Å². The predicted octanol–water partition coefficient (Wildman–Crippen LogP) is 4.61. The van der Waals surface area contributed by atoms with E-state index in [4.69, 9.17) is 11.6 Å². The third kappa shape index (κ3) is 3.73. The van der Waals surface area contributed by atoms with Crippen LogP contribution in [0, 0.1) is 5.92 Å². The van der Waals surface area contributed by atoms with Gasteiger partial charge in [0.1, 0.15) is 0 Å². The third-order valence-corrected chi connectivity index (χ3v) is 4.25. The van der Waals surface area contributed by atoms with Gasteiger partial charge in [0.05, 0.1) is 0 Å². The Morgan fingerprint density at radius 3 is 2.89 bits per heavy atom. The molecule has 2 heteroatoms. The lowest BCUT2D eigenvalue weighted by Crippen LogP contribution is -2.30. The van der Waals surface area contributed by atoms with Crippen LogP contribution in [-0.2, 0) is 0 Å². The van der Waals surface area contributed by atoms with E-state index in [0.717, 1.165) is 24.0 Å². The van der Waals surface area contributed by atoms with Crippen LogP contribution in [0.4, 0.5) is 0 Å². The molecule has 18 heavy (non-hydrogen) atoms. The average molecular weight is 266 g/mol. The van der Waals surface area contributed by atoms with Crippen molar-refractivity contribution in [2.45, 2.75) is 44.9 Å². The van der Waals surface area contributed by atoms with Gasteiger partial charge in [0.15, 0.2) is 0 Å². The van der Waals surface area contributed by atoms with Crippen LogP contribution >= 0.6 is 11.6 Å². The van der Waals surface area contributed by atoms with E-state index in [9.17, 15) is 0 Å². The number of hydrogen-bond acceptors (Lipinski definition) is 1. The maximum absolute atomic E-state index is 6.12. The zero-order valence-corrected chi connectivity index (χ0v) is 12.0. The minimum Gasteiger partial charge on any atom is -0.316 e. The van der Waals surface area contributed by atoms with Gasteiger partial charge in [-0.1, -0.05) is 43.5 Å². The van der Waals surface area contributed by atoms with Crippen molar-refractivity contribution in [3.05, 3.63) is 34.9 Å². The summed E-state index contributed by atoms with van der Waals surface area (Å²) in [6.45, 7) is 4.52. The molecule has 0 spiro atoms. The Kier molecular flexibility index (Phi) is 5.52. The number of hydrogen-bond donors (Lipinski definition) is 1. The molecule has 2 rings (SSSR count). The summed E-state index contributed by atoms with van der Waals surface area (Å²) >= 11 is 6.12. The molecule has 2 atom stereocenters. The van der Waals surface area contributed by atoms with Gasteiger partial charge < -0.3 is 5.32 Å². The van der Waals surface area contributed by atoms with Crippen molar-refractivity contribution in [2.75, 3.05) is 13.1 Å². The Balaban J connectivity index is 2.03. The van der Waals surface area contributed by atoms with Gasteiger partial charge in [0, 0.05) is 5.02 Å². The van der Waals surface area contributed by atoms with Crippen molar-refractivity contribution < 1.29 is 0 Å². The Morgan fingerprint density at radius 1 is 1.28 bits per heavy atom. The fourth-order valence-corrected chi connectivity index (χ4v) is 3.29. The average Bonchev–Trinajstić information content (AvgIpc) is 2.40. The highest BCUT2D eigenvalue weighted by molar-refractivity contribution is 6.30. The number of rotatable bonds is 5. The molecule has 1 saturated carbocycles. The smallest absolute Gasteiger partial charge is 0.0408 e. The van der Waals surface area contributed by atoms with E-state index in [1.165, 1.54) is 37.7 Å². The Labute approximate surface area is 116 Å². The van der Waals surface area contributed by atoms with Gasteiger partial charge in [-0.3, -0.25) is 0 Å². The van der Waals surface area contributed by atoms with Gasteiger partial charge in [0.25, 0.3) is 0 Å². The zero-order valence-electron chi connectivity index (χ0n) is 11.3. The highest BCUT2D eigenvalue weighted by Crippen LogP contribution is 2.38. The number of nitrogens with one attached hydrogen (secondary N) is 1. The Bertz CT molecular complexity index is 364. The summed E-state index contributed by atoms with van der Waals surface area (Å²) in [5.74, 6) is 1.48. The summed E-state index contributed by atoms with van der Waals surface area (Å²) in [6, 6.07) is 8.46. The summed E-state index contributed by atoms with van der Waals surface area (Å²) in [6.07, 6.45) is 6.64. The maximum atomic E-state index is 6.12. The van der Waals surface area contributed by atoms with Crippen molar-refractivity contribution in [2.24, 2.45) is 5.92 Å². The molecule has 1 fully saturated rings. The molecule has 0 radical (unpaired) electrons. The lowest BCUT2D eigenvalue weighted by atomic mass is 9.75. The zero-order chi connectivity index (χ0) is 12.8. The molecular weight excluding hydrogens is 242 g/mol. The molecule has 0 heterocycles. The largest absolute Gasteiger partial charge is 0.316 e. The highest BCUT2D eigenvalue weighted by Gasteiger charge is 2.26. The van der Waals surface area contributed by atoms with Crippen LogP contribution in [0.5, 0.6) is 0 Å². The summed E-state index contributed by atoms with van der Waals surface area (Å²) < 4.78 is 0. The van der Waals surface area contributed by atoms with E-state index in [2.05, 4.69) is 30.4 Å². The normalized spacial score (nSPS) is 24.1. The molecule has 1 aliphatic rings. The van der Waals surface area contributed by atoms with Gasteiger partial charge in [-0.15, -0.1) is 0 Å². The SMILES string of the molecule is CCCNCC1CCCCC1c1cccc(Cl)c1. The van der Waals surface area contributed by atoms with Gasteiger partial charge in [0.2, 0.25) is 0 Å². The molecule has 1 nitrogen and oxygen atoms in total. The molecule has 0 aromatic heterocycles. The van der Waals surface area contributed by atoms with E-state index in [1.807, 2.05) is 6.07 Å². The van der Waals surface area contributed by atoms with Gasteiger partial charge in [-0.2, -0.15) is 0 Å². The second-order valence-electron chi connectivity index (χ2n) is 5.41. The predicted molar refractivity (Wildman–Crippen MR) is 79.3 cm³/mol. The first-order valence-electron chi connectivity index (χ1n) is 7.27. The highest BCUT2D eigenvalue weighted by atomic mass is 35.5. The fraction of sp³-hybridized carbons (Fsp3) is 0.625. The first-order valence-corrected chi connectivity index (χ1v) is 7.65. The molecular formula is C16H24ClN. The molecule has 0 amide bonds. The first-order chi connectivity index (χ1) is 8.81. The van der Waals surface area contributed by atoms with E-state index in [0.29, 0.717) is 5.92 Å². The minimum absolute atomic E-state index is 0.696. The lowest BCUT2D eigenvalue weighted by Gasteiger charge is -2.32. The van der Waals surface area contributed by atoms with Crippen molar-refractivity contribution in [3.63, 3.8) is 0 Å². The Hall–Kier alpha value is -0.530. The molecule has 0 aliphatic heterocycles. The summed E-state index contributed by atoms with van der Waals surface area (Å²) in [5.41, 5.74) is 1.44. The van der Waals surface area contributed by atoms with Crippen LogP contribution in [0.2, 0.25) is 5.02 Å². The van der Waals surface area contributed by atoms with Crippen molar-refractivity contribution in [3.8, 4) is 0 Å². The Morgan fingerprint density at radius 2 is 2.11 bits per heavy atom. The molecule has 100 valence electrons. The maximum Gasteiger partial charge on any atom is 0.0408 e. The van der Waals surface area contributed by atoms with E-state index < -0.39 is 0 Å². The van der Waals surface area contributed by atoms with Crippen LogP contribution in [-0.4, -0.2) is 13.1 Å². The molecule has 1 aromatic rings. The van der Waals surface area contributed by atoms with E-state index >= 15 is 0 Å². The molecule has 0 saturated heterocycles. The molecule has 2 unspecified atom stereocenters. The molecule has 1 aliphatic carbocycles. The molecule has 1 aromatic carbocycles. The fourth-order valence-electron chi connectivity index (χ4n) is 3.09. The van der Waals surface area contributed by atoms with Crippen molar-refractivity contribution >= 4 is 11.6 Å². The lowest BCUT2D eigenvalue weighted by molar-refractivity contribution is 0.296. The van der Waals surface area contributed by atoms with Crippen LogP contribution in [0.3, 0.4) is 0 Å².